The molecule has 150 valence electrons. The van der Waals surface area contributed by atoms with Gasteiger partial charge in [-0.25, -0.2) is 9.82 Å². The molecule has 1 N–H and O–H groups in total. The number of benzene rings is 2. The number of hydrazone groups is 1. The quantitative estimate of drug-likeness (QED) is 0.476. The molecule has 3 aromatic rings. The summed E-state index contributed by atoms with van der Waals surface area (Å²) in [4.78, 5) is 12.1. The summed E-state index contributed by atoms with van der Waals surface area (Å²) >= 11 is 0. The Labute approximate surface area is 171 Å². The number of nitrogens with zero attached hydrogens (tertiary/aromatic N) is 2. The van der Waals surface area contributed by atoms with E-state index in [-0.39, 0.29) is 11.0 Å². The Morgan fingerprint density at radius 3 is 2.38 bits per heavy atom. The minimum atomic E-state index is -0.456. The molecular weight excluding hydrogens is 365 g/mol. The second kappa shape index (κ2) is 8.03. The molecule has 1 heterocycles. The van der Waals surface area contributed by atoms with E-state index >= 15 is 0 Å². The maximum Gasteiger partial charge on any atom is 0.271 e. The van der Waals surface area contributed by atoms with E-state index in [1.54, 1.807) is 12.3 Å². The number of aromatic nitrogens is 1. The van der Waals surface area contributed by atoms with Crippen molar-refractivity contribution < 1.29 is 9.18 Å². The van der Waals surface area contributed by atoms with Gasteiger partial charge in [-0.15, -0.1) is 0 Å². The molecule has 0 aliphatic heterocycles. The van der Waals surface area contributed by atoms with Crippen LogP contribution >= 0.6 is 0 Å². The van der Waals surface area contributed by atoms with E-state index in [4.69, 9.17) is 0 Å². The van der Waals surface area contributed by atoms with Crippen molar-refractivity contribution in [2.75, 3.05) is 0 Å². The molecule has 0 spiro atoms. The highest BCUT2D eigenvalue weighted by Crippen LogP contribution is 2.25. The number of carbonyl (C=O) groups is 1. The summed E-state index contributed by atoms with van der Waals surface area (Å²) in [5.41, 5.74) is 8.15. The number of hydrogen-bond donors (Lipinski definition) is 1. The van der Waals surface area contributed by atoms with Gasteiger partial charge in [-0.05, 0) is 61.2 Å². The van der Waals surface area contributed by atoms with Crippen LogP contribution in [0.15, 0.2) is 59.7 Å². The lowest BCUT2D eigenvalue weighted by Gasteiger charge is -2.20. The Balaban J connectivity index is 1.79. The van der Waals surface area contributed by atoms with Crippen LogP contribution in [-0.4, -0.2) is 16.7 Å². The Bertz CT molecular complexity index is 1060. The summed E-state index contributed by atoms with van der Waals surface area (Å²) in [6, 6.07) is 16.1. The first-order valence-electron chi connectivity index (χ1n) is 9.55. The third-order valence-electron chi connectivity index (χ3n) is 4.92. The van der Waals surface area contributed by atoms with Crippen LogP contribution in [0.4, 0.5) is 4.39 Å². The molecule has 0 bridgehead atoms. The average Bonchev–Trinajstić information content (AvgIpc) is 2.94. The molecule has 1 aromatic heterocycles. The molecule has 0 aliphatic rings. The second-order valence-corrected chi connectivity index (χ2v) is 8.17. The second-order valence-electron chi connectivity index (χ2n) is 8.17. The van der Waals surface area contributed by atoms with Crippen molar-refractivity contribution in [3.8, 4) is 5.69 Å². The number of hydrogen-bond acceptors (Lipinski definition) is 2. The summed E-state index contributed by atoms with van der Waals surface area (Å²) in [5.74, 6) is -0.907. The maximum atomic E-state index is 13.2. The molecule has 0 aliphatic carbocycles. The van der Waals surface area contributed by atoms with Crippen LogP contribution in [0.2, 0.25) is 0 Å². The van der Waals surface area contributed by atoms with Gasteiger partial charge in [0.15, 0.2) is 0 Å². The minimum absolute atomic E-state index is 0.108. The number of halogens is 1. The molecule has 4 nitrogen and oxygen atoms in total. The van der Waals surface area contributed by atoms with Gasteiger partial charge in [-0.3, -0.25) is 4.79 Å². The van der Waals surface area contributed by atoms with E-state index in [1.165, 1.54) is 23.8 Å². The third-order valence-corrected chi connectivity index (χ3v) is 4.92. The lowest BCUT2D eigenvalue weighted by Crippen LogP contribution is -2.17. The van der Waals surface area contributed by atoms with Crippen LogP contribution in [0.5, 0.6) is 0 Å². The van der Waals surface area contributed by atoms with Gasteiger partial charge >= 0.3 is 0 Å². The Morgan fingerprint density at radius 2 is 1.76 bits per heavy atom. The highest BCUT2D eigenvalue weighted by molar-refractivity contribution is 5.95. The molecule has 0 saturated heterocycles. The van der Waals surface area contributed by atoms with Gasteiger partial charge in [0.25, 0.3) is 5.91 Å². The predicted molar refractivity (Wildman–Crippen MR) is 115 cm³/mol. The van der Waals surface area contributed by atoms with Crippen LogP contribution in [-0.2, 0) is 5.41 Å². The van der Waals surface area contributed by atoms with Gasteiger partial charge in [0.05, 0.1) is 6.21 Å². The molecule has 29 heavy (non-hydrogen) atoms. The zero-order chi connectivity index (χ0) is 21.2. The summed E-state index contributed by atoms with van der Waals surface area (Å²) in [6.45, 7) is 10.6. The fourth-order valence-corrected chi connectivity index (χ4v) is 3.28. The minimum Gasteiger partial charge on any atom is -0.318 e. The summed E-state index contributed by atoms with van der Waals surface area (Å²) in [5, 5.41) is 4.04. The highest BCUT2D eigenvalue weighted by atomic mass is 19.1. The topological polar surface area (TPSA) is 46.4 Å². The van der Waals surface area contributed by atoms with E-state index in [2.05, 4.69) is 60.1 Å². The van der Waals surface area contributed by atoms with Gasteiger partial charge in [-0.2, -0.15) is 5.10 Å². The standard InChI is InChI=1S/C24H26FN3O/c1-16-13-19(15-26-27-23(29)18-7-6-8-21(25)14-18)17(2)28(16)22-11-9-20(10-12-22)24(3,4)5/h6-15H,1-5H3,(H,27,29)/b26-15-. The normalized spacial score (nSPS) is 11.8. The van der Waals surface area contributed by atoms with Crippen molar-refractivity contribution in [2.24, 2.45) is 5.10 Å². The van der Waals surface area contributed by atoms with Crippen LogP contribution < -0.4 is 5.43 Å². The van der Waals surface area contributed by atoms with Crippen molar-refractivity contribution in [3.63, 3.8) is 0 Å². The molecule has 0 atom stereocenters. The lowest BCUT2D eigenvalue weighted by molar-refractivity contribution is 0.0954. The predicted octanol–water partition coefficient (Wildman–Crippen LogP) is 5.29. The SMILES string of the molecule is Cc1cc(/C=N\NC(=O)c2cccc(F)c2)c(C)n1-c1ccc(C(C)(C)C)cc1. The van der Waals surface area contributed by atoms with Crippen molar-refractivity contribution in [2.45, 2.75) is 40.0 Å². The van der Waals surface area contributed by atoms with E-state index in [1.807, 2.05) is 19.9 Å². The van der Waals surface area contributed by atoms with E-state index in [0.29, 0.717) is 0 Å². The number of nitrogens with one attached hydrogen (secondary N) is 1. The van der Waals surface area contributed by atoms with Crippen LogP contribution in [0.25, 0.3) is 5.69 Å². The van der Waals surface area contributed by atoms with Crippen LogP contribution in [0.3, 0.4) is 0 Å². The third kappa shape index (κ3) is 4.62. The largest absolute Gasteiger partial charge is 0.318 e. The molecule has 5 heteroatoms. The fourth-order valence-electron chi connectivity index (χ4n) is 3.28. The summed E-state index contributed by atoms with van der Waals surface area (Å²) in [6.07, 6.45) is 1.61. The van der Waals surface area contributed by atoms with Crippen molar-refractivity contribution in [1.82, 2.24) is 9.99 Å². The van der Waals surface area contributed by atoms with E-state index in [0.717, 1.165) is 22.6 Å². The Morgan fingerprint density at radius 1 is 1.07 bits per heavy atom. The molecule has 2 aromatic carbocycles. The van der Waals surface area contributed by atoms with Crippen LogP contribution in [0.1, 0.15) is 53.6 Å². The molecule has 0 saturated carbocycles. The molecule has 3 rings (SSSR count). The van der Waals surface area contributed by atoms with Crippen molar-refractivity contribution >= 4 is 12.1 Å². The zero-order valence-corrected chi connectivity index (χ0v) is 17.5. The van der Waals surface area contributed by atoms with Gasteiger partial charge in [-0.1, -0.05) is 39.0 Å². The van der Waals surface area contributed by atoms with Gasteiger partial charge in [0.2, 0.25) is 0 Å². The molecule has 0 radical (unpaired) electrons. The maximum absolute atomic E-state index is 13.2. The van der Waals surface area contributed by atoms with Crippen LogP contribution in [0, 0.1) is 19.7 Å². The number of amides is 1. The average molecular weight is 391 g/mol. The first-order valence-corrected chi connectivity index (χ1v) is 9.55. The van der Waals surface area contributed by atoms with Gasteiger partial charge in [0, 0.05) is 28.2 Å². The Kier molecular flexibility index (Phi) is 5.69. The number of carbonyl (C=O) groups excluding carboxylic acids is 1. The summed E-state index contributed by atoms with van der Waals surface area (Å²) < 4.78 is 15.4. The van der Waals surface area contributed by atoms with Crippen molar-refractivity contribution in [1.29, 1.82) is 0 Å². The van der Waals surface area contributed by atoms with Crippen molar-refractivity contribution in [3.05, 3.63) is 88.5 Å². The molecular formula is C24H26FN3O. The number of rotatable bonds is 4. The van der Waals surface area contributed by atoms with Gasteiger partial charge in [0.1, 0.15) is 5.82 Å². The highest BCUT2D eigenvalue weighted by Gasteiger charge is 2.14. The Hall–Kier alpha value is -3.21. The molecule has 0 fully saturated rings. The lowest BCUT2D eigenvalue weighted by atomic mass is 9.87. The zero-order valence-electron chi connectivity index (χ0n) is 17.5. The first-order chi connectivity index (χ1) is 13.7. The fraction of sp³-hybridized carbons (Fsp3) is 0.250. The monoisotopic (exact) mass is 391 g/mol. The smallest absolute Gasteiger partial charge is 0.271 e. The first kappa shape index (κ1) is 20.5. The summed E-state index contributed by atoms with van der Waals surface area (Å²) in [7, 11) is 0. The van der Waals surface area contributed by atoms with E-state index < -0.39 is 11.7 Å². The van der Waals surface area contributed by atoms with E-state index in [9.17, 15) is 9.18 Å². The molecule has 0 unspecified atom stereocenters. The van der Waals surface area contributed by atoms with Gasteiger partial charge < -0.3 is 4.57 Å². The molecule has 1 amide bonds. The number of aryl methyl sites for hydroxylation is 1.